The molecule has 114 valence electrons. The smallest absolute Gasteiger partial charge is 0.290 e. The molecule has 3 heterocycles. The van der Waals surface area contributed by atoms with Gasteiger partial charge < -0.3 is 15.2 Å². The topological polar surface area (TPSA) is 111 Å². The maximum atomic E-state index is 11.1. The van der Waals surface area contributed by atoms with Crippen molar-refractivity contribution in [3.8, 4) is 0 Å². The van der Waals surface area contributed by atoms with Crippen LogP contribution in [-0.2, 0) is 0 Å². The maximum absolute atomic E-state index is 11.1. The maximum Gasteiger partial charge on any atom is 0.290 e. The monoisotopic (exact) mass is 300 g/mol. The zero-order valence-corrected chi connectivity index (χ0v) is 12.0. The number of amides is 1. The zero-order chi connectivity index (χ0) is 15.1. The molecule has 1 saturated carbocycles. The predicted octanol–water partition coefficient (Wildman–Crippen LogP) is 1.18. The first kappa shape index (κ1) is 13.2. The standard InChI is InChI=1S/C14H16N6O2/c15-11(21)13-18-14(22-19-13)9-2-1-7-20(9)10-5-6-16-12(17-10)8-3-4-8/h5-6,8-9H,1-4,7H2,(H2,15,21)/t9-/m0/s1. The van der Waals surface area contributed by atoms with Crippen LogP contribution in [0.25, 0.3) is 0 Å². The van der Waals surface area contributed by atoms with E-state index in [0.717, 1.165) is 31.0 Å². The lowest BCUT2D eigenvalue weighted by atomic mass is 10.2. The van der Waals surface area contributed by atoms with Crippen molar-refractivity contribution in [3.05, 3.63) is 29.8 Å². The van der Waals surface area contributed by atoms with Gasteiger partial charge in [0, 0.05) is 18.7 Å². The summed E-state index contributed by atoms with van der Waals surface area (Å²) in [5.74, 6) is 1.94. The zero-order valence-electron chi connectivity index (χ0n) is 12.0. The van der Waals surface area contributed by atoms with E-state index in [-0.39, 0.29) is 11.9 Å². The third kappa shape index (κ3) is 2.30. The van der Waals surface area contributed by atoms with Gasteiger partial charge in [-0.15, -0.1) is 0 Å². The van der Waals surface area contributed by atoms with Crippen LogP contribution in [0.3, 0.4) is 0 Å². The first-order valence-electron chi connectivity index (χ1n) is 7.45. The predicted molar refractivity (Wildman–Crippen MR) is 76.1 cm³/mol. The second-order valence-electron chi connectivity index (χ2n) is 5.72. The Morgan fingerprint density at radius 2 is 2.18 bits per heavy atom. The summed E-state index contributed by atoms with van der Waals surface area (Å²) in [6.45, 7) is 0.861. The van der Waals surface area contributed by atoms with Crippen LogP contribution >= 0.6 is 0 Å². The van der Waals surface area contributed by atoms with E-state index in [1.807, 2.05) is 6.07 Å². The van der Waals surface area contributed by atoms with Crippen molar-refractivity contribution in [1.82, 2.24) is 20.1 Å². The van der Waals surface area contributed by atoms with Crippen molar-refractivity contribution < 1.29 is 9.32 Å². The molecule has 0 spiro atoms. The summed E-state index contributed by atoms with van der Waals surface area (Å²) in [5, 5.41) is 3.62. The van der Waals surface area contributed by atoms with Gasteiger partial charge in [0.15, 0.2) is 0 Å². The van der Waals surface area contributed by atoms with Crippen molar-refractivity contribution in [3.63, 3.8) is 0 Å². The number of hydrogen-bond acceptors (Lipinski definition) is 7. The Morgan fingerprint density at radius 3 is 2.91 bits per heavy atom. The van der Waals surface area contributed by atoms with Crippen LogP contribution < -0.4 is 10.6 Å². The Morgan fingerprint density at radius 1 is 1.32 bits per heavy atom. The largest absolute Gasteiger partial charge is 0.363 e. The van der Waals surface area contributed by atoms with E-state index in [2.05, 4.69) is 25.0 Å². The van der Waals surface area contributed by atoms with Crippen LogP contribution in [0.15, 0.2) is 16.8 Å². The minimum Gasteiger partial charge on any atom is -0.363 e. The van der Waals surface area contributed by atoms with Crippen LogP contribution in [0.2, 0.25) is 0 Å². The SMILES string of the molecule is NC(=O)c1noc([C@@H]2CCCN2c2ccnc(C3CC3)n2)n1. The van der Waals surface area contributed by atoms with Crippen LogP contribution in [-0.4, -0.2) is 32.6 Å². The van der Waals surface area contributed by atoms with Gasteiger partial charge in [-0.3, -0.25) is 4.79 Å². The summed E-state index contributed by atoms with van der Waals surface area (Å²) in [7, 11) is 0. The van der Waals surface area contributed by atoms with Gasteiger partial charge in [-0.05, 0) is 31.7 Å². The molecule has 4 rings (SSSR count). The third-order valence-electron chi connectivity index (χ3n) is 4.10. The minimum absolute atomic E-state index is 0.0671. The van der Waals surface area contributed by atoms with Gasteiger partial charge in [-0.2, -0.15) is 4.98 Å². The second-order valence-corrected chi connectivity index (χ2v) is 5.72. The number of nitrogens with zero attached hydrogens (tertiary/aromatic N) is 5. The molecular formula is C14H16N6O2. The van der Waals surface area contributed by atoms with E-state index >= 15 is 0 Å². The minimum atomic E-state index is -0.683. The summed E-state index contributed by atoms with van der Waals surface area (Å²) in [4.78, 5) is 26.4. The van der Waals surface area contributed by atoms with E-state index in [9.17, 15) is 4.79 Å². The molecule has 8 nitrogen and oxygen atoms in total. The number of primary amides is 1. The van der Waals surface area contributed by atoms with Crippen molar-refractivity contribution >= 4 is 11.7 Å². The highest BCUT2D eigenvalue weighted by Crippen LogP contribution is 2.39. The Balaban J connectivity index is 1.62. The molecule has 1 atom stereocenters. The molecule has 1 amide bonds. The molecule has 22 heavy (non-hydrogen) atoms. The molecule has 2 fully saturated rings. The highest BCUT2D eigenvalue weighted by atomic mass is 16.5. The molecule has 2 aromatic rings. The summed E-state index contributed by atoms with van der Waals surface area (Å²) >= 11 is 0. The first-order chi connectivity index (χ1) is 10.7. The van der Waals surface area contributed by atoms with Gasteiger partial charge in [0.25, 0.3) is 11.7 Å². The number of carbonyl (C=O) groups is 1. The van der Waals surface area contributed by atoms with Crippen LogP contribution in [0, 0.1) is 0 Å². The summed E-state index contributed by atoms with van der Waals surface area (Å²) < 4.78 is 5.20. The van der Waals surface area contributed by atoms with E-state index in [1.165, 1.54) is 12.8 Å². The molecule has 2 N–H and O–H groups in total. The molecule has 1 aliphatic carbocycles. The van der Waals surface area contributed by atoms with E-state index < -0.39 is 5.91 Å². The Hall–Kier alpha value is -2.51. The molecule has 8 heteroatoms. The Bertz CT molecular complexity index is 711. The number of aromatic nitrogens is 4. The van der Waals surface area contributed by atoms with Crippen molar-refractivity contribution in [2.75, 3.05) is 11.4 Å². The molecule has 1 saturated heterocycles. The first-order valence-corrected chi connectivity index (χ1v) is 7.45. The van der Waals surface area contributed by atoms with Crippen molar-refractivity contribution in [2.24, 2.45) is 5.73 Å². The molecule has 1 aliphatic heterocycles. The van der Waals surface area contributed by atoms with E-state index in [0.29, 0.717) is 11.8 Å². The fourth-order valence-corrected chi connectivity index (χ4v) is 2.83. The van der Waals surface area contributed by atoms with Crippen LogP contribution in [0.4, 0.5) is 5.82 Å². The fourth-order valence-electron chi connectivity index (χ4n) is 2.83. The number of hydrogen-bond donors (Lipinski definition) is 1. The molecule has 2 aliphatic rings. The molecular weight excluding hydrogens is 284 g/mol. The average molecular weight is 300 g/mol. The van der Waals surface area contributed by atoms with Gasteiger partial charge in [0.05, 0.1) is 0 Å². The van der Waals surface area contributed by atoms with Gasteiger partial charge in [0.1, 0.15) is 17.7 Å². The lowest BCUT2D eigenvalue weighted by Crippen LogP contribution is -2.24. The number of nitrogens with two attached hydrogens (primary N) is 1. The highest BCUT2D eigenvalue weighted by Gasteiger charge is 2.33. The number of carbonyl (C=O) groups excluding carboxylic acids is 1. The third-order valence-corrected chi connectivity index (χ3v) is 4.10. The van der Waals surface area contributed by atoms with Gasteiger partial charge in [0.2, 0.25) is 5.89 Å². The molecule has 0 bridgehead atoms. The average Bonchev–Trinajstić information content (AvgIpc) is 3.06. The Kier molecular flexibility index (Phi) is 3.02. The lowest BCUT2D eigenvalue weighted by molar-refractivity contribution is 0.0987. The van der Waals surface area contributed by atoms with Gasteiger partial charge in [-0.1, -0.05) is 5.16 Å². The van der Waals surface area contributed by atoms with Gasteiger partial charge >= 0.3 is 0 Å². The molecule has 0 radical (unpaired) electrons. The van der Waals surface area contributed by atoms with E-state index in [1.54, 1.807) is 6.20 Å². The summed E-state index contributed by atoms with van der Waals surface area (Å²) in [6.07, 6.45) is 6.01. The normalized spacial score (nSPS) is 21.3. The fraction of sp³-hybridized carbons (Fsp3) is 0.500. The van der Waals surface area contributed by atoms with Crippen LogP contribution in [0.5, 0.6) is 0 Å². The van der Waals surface area contributed by atoms with Crippen LogP contribution in [0.1, 0.15) is 60.0 Å². The summed E-state index contributed by atoms with van der Waals surface area (Å²) in [5.41, 5.74) is 5.17. The number of rotatable bonds is 4. The van der Waals surface area contributed by atoms with Crippen molar-refractivity contribution in [1.29, 1.82) is 0 Å². The van der Waals surface area contributed by atoms with Gasteiger partial charge in [-0.25, -0.2) is 9.97 Å². The summed E-state index contributed by atoms with van der Waals surface area (Å²) in [6, 6.07) is 1.83. The highest BCUT2D eigenvalue weighted by molar-refractivity contribution is 5.88. The second kappa shape index (κ2) is 5.04. The molecule has 2 aromatic heterocycles. The van der Waals surface area contributed by atoms with Crippen molar-refractivity contribution in [2.45, 2.75) is 37.6 Å². The lowest BCUT2D eigenvalue weighted by Gasteiger charge is -2.23. The number of anilines is 1. The molecule has 0 aromatic carbocycles. The van der Waals surface area contributed by atoms with E-state index in [4.69, 9.17) is 10.3 Å². The Labute approximate surface area is 126 Å². The quantitative estimate of drug-likeness (QED) is 0.902. The molecule has 0 unspecified atom stereocenters.